The van der Waals surface area contributed by atoms with Crippen LogP contribution in [0.4, 0.5) is 0 Å². The summed E-state index contributed by atoms with van der Waals surface area (Å²) in [6.07, 6.45) is 6.64. The number of hydrogen-bond donors (Lipinski definition) is 1. The molecule has 0 fully saturated rings. The van der Waals surface area contributed by atoms with E-state index in [1.807, 2.05) is 60.7 Å². The lowest BCUT2D eigenvalue weighted by atomic mass is 10.0. The van der Waals surface area contributed by atoms with Crippen molar-refractivity contribution in [3.8, 4) is 28.1 Å². The van der Waals surface area contributed by atoms with Gasteiger partial charge in [0.25, 0.3) is 5.56 Å². The molecule has 3 heterocycles. The minimum absolute atomic E-state index is 0.250. The summed E-state index contributed by atoms with van der Waals surface area (Å²) in [6.45, 7) is 0. The zero-order chi connectivity index (χ0) is 25.1. The lowest BCUT2D eigenvalue weighted by molar-refractivity contribution is 0.0591. The molecule has 0 aliphatic heterocycles. The average molecular weight is 476 g/mol. The molecule has 0 bridgehead atoms. The third-order valence-corrected chi connectivity index (χ3v) is 5.78. The second kappa shape index (κ2) is 9.68. The molecule has 0 saturated heterocycles. The number of hydrogen-bond acceptors (Lipinski definition) is 6. The molecule has 0 radical (unpaired) electrons. The number of rotatable bonds is 5. The van der Waals surface area contributed by atoms with E-state index >= 15 is 0 Å². The highest BCUT2D eigenvalue weighted by atomic mass is 16.5. The van der Waals surface area contributed by atoms with E-state index < -0.39 is 5.97 Å². The van der Waals surface area contributed by atoms with Gasteiger partial charge in [0, 0.05) is 35.1 Å². The molecular formula is C29H21N3O4. The number of fused-ring (bicyclic) bond motifs is 1. The zero-order valence-corrected chi connectivity index (χ0v) is 19.3. The summed E-state index contributed by atoms with van der Waals surface area (Å²) in [5.74, 6) is -1.16. The highest BCUT2D eigenvalue weighted by Crippen LogP contribution is 2.36. The van der Waals surface area contributed by atoms with E-state index in [1.165, 1.54) is 11.7 Å². The van der Waals surface area contributed by atoms with E-state index in [1.54, 1.807) is 42.9 Å². The van der Waals surface area contributed by atoms with Crippen LogP contribution in [0.15, 0.2) is 96.1 Å². The SMILES string of the molecule is COC(=O)c1nc(-c2cccnc2)c2c(cc(-c3ccccc3)c(=O)n2C=Cc2ccccc2)c1O. The number of esters is 1. The Hall–Kier alpha value is -5.04. The smallest absolute Gasteiger partial charge is 0.360 e. The molecule has 2 aromatic carbocycles. The van der Waals surface area contributed by atoms with Crippen LogP contribution in [-0.2, 0) is 4.74 Å². The molecule has 5 aromatic rings. The van der Waals surface area contributed by atoms with Crippen molar-refractivity contribution in [1.82, 2.24) is 14.5 Å². The van der Waals surface area contributed by atoms with Gasteiger partial charge in [-0.1, -0.05) is 60.7 Å². The second-order valence-electron chi connectivity index (χ2n) is 7.98. The Bertz CT molecular complexity index is 1650. The standard InChI is InChI=1S/C29H21N3O4/c1-36-29(35)25-27(33)23-17-22(20-11-6-3-7-12-20)28(34)32(16-14-19-9-4-2-5-10-19)26(23)24(31-25)21-13-8-15-30-18-21/h2-18,33H,1H3. The van der Waals surface area contributed by atoms with Crippen LogP contribution in [0.25, 0.3) is 45.6 Å². The molecule has 0 spiro atoms. The highest BCUT2D eigenvalue weighted by molar-refractivity contribution is 6.05. The Morgan fingerprint density at radius 3 is 2.33 bits per heavy atom. The lowest BCUT2D eigenvalue weighted by Gasteiger charge is -2.16. The molecule has 36 heavy (non-hydrogen) atoms. The van der Waals surface area contributed by atoms with Gasteiger partial charge in [0.05, 0.1) is 18.3 Å². The average Bonchev–Trinajstić information content (AvgIpc) is 2.93. The van der Waals surface area contributed by atoms with Gasteiger partial charge in [-0.2, -0.15) is 0 Å². The fraction of sp³-hybridized carbons (Fsp3) is 0.0345. The van der Waals surface area contributed by atoms with Gasteiger partial charge >= 0.3 is 5.97 Å². The fourth-order valence-electron chi connectivity index (χ4n) is 4.04. The van der Waals surface area contributed by atoms with Crippen molar-refractivity contribution in [2.75, 3.05) is 7.11 Å². The predicted molar refractivity (Wildman–Crippen MR) is 139 cm³/mol. The highest BCUT2D eigenvalue weighted by Gasteiger charge is 2.24. The number of aromatic nitrogens is 3. The molecule has 176 valence electrons. The molecule has 3 aromatic heterocycles. The van der Waals surface area contributed by atoms with Gasteiger partial charge in [-0.15, -0.1) is 0 Å². The van der Waals surface area contributed by atoms with Crippen LogP contribution in [0.1, 0.15) is 16.1 Å². The molecule has 1 N–H and O–H groups in total. The van der Waals surface area contributed by atoms with Crippen LogP contribution in [0, 0.1) is 0 Å². The monoisotopic (exact) mass is 475 g/mol. The Morgan fingerprint density at radius 1 is 0.972 bits per heavy atom. The molecule has 0 amide bonds. The van der Waals surface area contributed by atoms with Gasteiger partial charge < -0.3 is 9.84 Å². The predicted octanol–water partition coefficient (Wildman–Crippen LogP) is 5.25. The van der Waals surface area contributed by atoms with E-state index in [0.717, 1.165) is 5.56 Å². The first-order valence-corrected chi connectivity index (χ1v) is 11.2. The minimum Gasteiger partial charge on any atom is -0.505 e. The van der Waals surface area contributed by atoms with Crippen LogP contribution in [0.5, 0.6) is 5.75 Å². The number of nitrogens with zero attached hydrogens (tertiary/aromatic N) is 3. The number of pyridine rings is 3. The molecule has 7 heteroatoms. The van der Waals surface area contributed by atoms with E-state index in [9.17, 15) is 14.7 Å². The van der Waals surface area contributed by atoms with Crippen molar-refractivity contribution >= 4 is 29.1 Å². The summed E-state index contributed by atoms with van der Waals surface area (Å²) < 4.78 is 6.32. The maximum Gasteiger partial charge on any atom is 0.360 e. The van der Waals surface area contributed by atoms with Crippen molar-refractivity contribution in [3.63, 3.8) is 0 Å². The summed E-state index contributed by atoms with van der Waals surface area (Å²) in [4.78, 5) is 35.0. The zero-order valence-electron chi connectivity index (χ0n) is 19.3. The van der Waals surface area contributed by atoms with Crippen LogP contribution in [0.3, 0.4) is 0 Å². The van der Waals surface area contributed by atoms with Gasteiger partial charge in [-0.05, 0) is 35.4 Å². The Labute approximate surface area is 206 Å². The Morgan fingerprint density at radius 2 is 1.67 bits per heavy atom. The first-order valence-electron chi connectivity index (χ1n) is 11.2. The number of ether oxygens (including phenoxy) is 1. The van der Waals surface area contributed by atoms with E-state index in [-0.39, 0.29) is 22.4 Å². The van der Waals surface area contributed by atoms with Gasteiger partial charge in [0.1, 0.15) is 0 Å². The van der Waals surface area contributed by atoms with Crippen molar-refractivity contribution in [3.05, 3.63) is 113 Å². The third-order valence-electron chi connectivity index (χ3n) is 5.78. The van der Waals surface area contributed by atoms with Crippen LogP contribution in [0.2, 0.25) is 0 Å². The molecule has 5 rings (SSSR count). The largest absolute Gasteiger partial charge is 0.505 e. The summed E-state index contributed by atoms with van der Waals surface area (Å²) in [5.41, 5.74) is 2.57. The number of carbonyl (C=O) groups excluding carboxylic acids is 1. The van der Waals surface area contributed by atoms with Gasteiger partial charge in [-0.25, -0.2) is 9.78 Å². The minimum atomic E-state index is -0.793. The maximum absolute atomic E-state index is 13.9. The third kappa shape index (κ3) is 4.14. The Kier molecular flexibility index (Phi) is 6.11. The lowest BCUT2D eigenvalue weighted by Crippen LogP contribution is -2.20. The topological polar surface area (TPSA) is 94.3 Å². The van der Waals surface area contributed by atoms with Crippen LogP contribution in [-0.4, -0.2) is 32.7 Å². The molecule has 0 saturated carbocycles. The molecule has 0 aliphatic rings. The van der Waals surface area contributed by atoms with Crippen LogP contribution < -0.4 is 5.56 Å². The molecule has 0 aliphatic carbocycles. The van der Waals surface area contributed by atoms with Crippen molar-refractivity contribution in [1.29, 1.82) is 0 Å². The number of carbonyl (C=O) groups is 1. The number of aromatic hydroxyl groups is 1. The molecule has 7 nitrogen and oxygen atoms in total. The first-order chi connectivity index (χ1) is 17.6. The molecule has 0 unspecified atom stereocenters. The summed E-state index contributed by atoms with van der Waals surface area (Å²) in [7, 11) is 1.22. The second-order valence-corrected chi connectivity index (χ2v) is 7.98. The van der Waals surface area contributed by atoms with E-state index in [4.69, 9.17) is 4.74 Å². The molecule has 0 atom stereocenters. The first kappa shape index (κ1) is 22.7. The summed E-state index contributed by atoms with van der Waals surface area (Å²) >= 11 is 0. The normalized spacial score (nSPS) is 11.1. The summed E-state index contributed by atoms with van der Waals surface area (Å²) in [6, 6.07) is 23.8. The van der Waals surface area contributed by atoms with Crippen molar-refractivity contribution in [2.45, 2.75) is 0 Å². The van der Waals surface area contributed by atoms with Crippen molar-refractivity contribution < 1.29 is 14.6 Å². The maximum atomic E-state index is 13.9. The van der Waals surface area contributed by atoms with E-state index in [2.05, 4.69) is 9.97 Å². The number of methoxy groups -OCH3 is 1. The van der Waals surface area contributed by atoms with Crippen molar-refractivity contribution in [2.24, 2.45) is 0 Å². The van der Waals surface area contributed by atoms with Crippen LogP contribution >= 0.6 is 0 Å². The fourth-order valence-corrected chi connectivity index (χ4v) is 4.04. The van der Waals surface area contributed by atoms with Gasteiger partial charge in [0.2, 0.25) is 0 Å². The summed E-state index contributed by atoms with van der Waals surface area (Å²) in [5, 5.41) is 11.5. The quantitative estimate of drug-likeness (QED) is 0.349. The van der Waals surface area contributed by atoms with Gasteiger partial charge in [-0.3, -0.25) is 14.3 Å². The van der Waals surface area contributed by atoms with E-state index in [0.29, 0.717) is 27.9 Å². The Balaban J connectivity index is 1.93. The van der Waals surface area contributed by atoms with Gasteiger partial charge in [0.15, 0.2) is 11.4 Å². The molecular weight excluding hydrogens is 454 g/mol. The number of benzene rings is 2.